The van der Waals surface area contributed by atoms with E-state index < -0.39 is 23.9 Å². The Bertz CT molecular complexity index is 788. The lowest BCUT2D eigenvalue weighted by Crippen LogP contribution is -2.29. The zero-order valence-electron chi connectivity index (χ0n) is 13.9. The molecule has 7 heteroatoms. The molecule has 0 saturated heterocycles. The van der Waals surface area contributed by atoms with Crippen molar-refractivity contribution in [2.24, 2.45) is 0 Å². The minimum Gasteiger partial charge on any atom is -0.393 e. The third-order valence-electron chi connectivity index (χ3n) is 4.44. The molecular weight excluding hydrogens is 345 g/mol. The number of nitrogens with one attached hydrogen (secondary N) is 2. The van der Waals surface area contributed by atoms with Crippen LogP contribution < -0.4 is 10.6 Å². The normalized spacial score (nSPS) is 16.7. The zero-order chi connectivity index (χ0) is 18.7. The largest absolute Gasteiger partial charge is 0.416 e. The smallest absolute Gasteiger partial charge is 0.393 e. The van der Waals surface area contributed by atoms with Crippen molar-refractivity contribution in [3.05, 3.63) is 64.7 Å². The number of anilines is 1. The number of fused-ring (bicyclic) bond motifs is 1. The number of benzene rings is 2. The molecule has 4 nitrogen and oxygen atoms in total. The number of urea groups is 1. The molecule has 0 heterocycles. The predicted molar refractivity (Wildman–Crippen MR) is 91.8 cm³/mol. The number of halogens is 3. The molecule has 2 aromatic carbocycles. The molecular formula is C19H19F3N2O2. The van der Waals surface area contributed by atoms with Gasteiger partial charge in [0.25, 0.3) is 0 Å². The van der Waals surface area contributed by atoms with Crippen molar-refractivity contribution in [2.75, 3.05) is 5.32 Å². The first-order chi connectivity index (χ1) is 12.3. The second-order valence-electron chi connectivity index (χ2n) is 6.34. The molecule has 1 atom stereocenters. The van der Waals surface area contributed by atoms with Gasteiger partial charge in [0.2, 0.25) is 0 Å². The number of aliphatic hydroxyl groups excluding tert-OH is 1. The highest BCUT2D eigenvalue weighted by atomic mass is 19.4. The number of aryl methyl sites for hydroxylation is 1. The second-order valence-corrected chi connectivity index (χ2v) is 6.34. The van der Waals surface area contributed by atoms with Crippen LogP contribution in [0.2, 0.25) is 0 Å². The van der Waals surface area contributed by atoms with Gasteiger partial charge in [-0.15, -0.1) is 0 Å². The molecule has 0 saturated carbocycles. The van der Waals surface area contributed by atoms with E-state index in [2.05, 4.69) is 10.6 Å². The summed E-state index contributed by atoms with van der Waals surface area (Å²) in [6.45, 7) is 0.113. The van der Waals surface area contributed by atoms with Crippen molar-refractivity contribution in [3.63, 3.8) is 0 Å². The lowest BCUT2D eigenvalue weighted by atomic mass is 9.88. The van der Waals surface area contributed by atoms with Gasteiger partial charge in [0.1, 0.15) is 0 Å². The summed E-state index contributed by atoms with van der Waals surface area (Å²) in [6, 6.07) is 9.81. The van der Waals surface area contributed by atoms with E-state index in [0.29, 0.717) is 24.1 Å². The highest BCUT2D eigenvalue weighted by Gasteiger charge is 2.29. The van der Waals surface area contributed by atoms with Gasteiger partial charge in [-0.25, -0.2) is 4.79 Å². The summed E-state index contributed by atoms with van der Waals surface area (Å²) in [5.41, 5.74) is 2.52. The number of carbonyl (C=O) groups is 1. The number of hydrogen-bond donors (Lipinski definition) is 3. The molecule has 3 rings (SSSR count). The molecule has 26 heavy (non-hydrogen) atoms. The maximum atomic E-state index is 12.5. The number of aliphatic hydroxyl groups is 1. The fourth-order valence-corrected chi connectivity index (χ4v) is 3.05. The molecule has 2 amide bonds. The SMILES string of the molecule is O=C(NCc1ccc(C(F)(F)F)cc1)Nc1cccc2c1C[C@@H](O)CC2. The fraction of sp³-hybridized carbons (Fsp3) is 0.316. The van der Waals surface area contributed by atoms with Crippen molar-refractivity contribution in [2.45, 2.75) is 38.1 Å². The Hall–Kier alpha value is -2.54. The van der Waals surface area contributed by atoms with Gasteiger partial charge in [0.05, 0.1) is 11.7 Å². The van der Waals surface area contributed by atoms with Crippen LogP contribution in [0, 0.1) is 0 Å². The Morgan fingerprint density at radius 3 is 2.58 bits per heavy atom. The van der Waals surface area contributed by atoms with Crippen molar-refractivity contribution < 1.29 is 23.1 Å². The van der Waals surface area contributed by atoms with Crippen LogP contribution in [0.1, 0.15) is 28.7 Å². The summed E-state index contributed by atoms with van der Waals surface area (Å²) >= 11 is 0. The third-order valence-corrected chi connectivity index (χ3v) is 4.44. The first kappa shape index (κ1) is 18.3. The van der Waals surface area contributed by atoms with E-state index in [9.17, 15) is 23.1 Å². The maximum Gasteiger partial charge on any atom is 0.416 e. The van der Waals surface area contributed by atoms with Crippen molar-refractivity contribution in [3.8, 4) is 0 Å². The monoisotopic (exact) mass is 364 g/mol. The average molecular weight is 364 g/mol. The molecule has 0 fully saturated rings. The van der Waals surface area contributed by atoms with E-state index in [0.717, 1.165) is 29.7 Å². The van der Waals surface area contributed by atoms with Gasteiger partial charge in [-0.3, -0.25) is 0 Å². The molecule has 0 radical (unpaired) electrons. The van der Waals surface area contributed by atoms with Crippen molar-refractivity contribution >= 4 is 11.7 Å². The number of amides is 2. The third kappa shape index (κ3) is 4.35. The van der Waals surface area contributed by atoms with E-state index in [1.807, 2.05) is 12.1 Å². The lowest BCUT2D eigenvalue weighted by molar-refractivity contribution is -0.137. The van der Waals surface area contributed by atoms with Crippen LogP contribution in [0.4, 0.5) is 23.7 Å². The quantitative estimate of drug-likeness (QED) is 0.774. The standard InChI is InChI=1S/C19H19F3N2O2/c20-19(21,22)14-7-4-12(5-8-14)11-23-18(26)24-17-3-1-2-13-6-9-15(25)10-16(13)17/h1-5,7-8,15,25H,6,9-11H2,(H2,23,24,26)/t15-/m0/s1. The first-order valence-corrected chi connectivity index (χ1v) is 8.33. The minimum atomic E-state index is -4.37. The summed E-state index contributed by atoms with van der Waals surface area (Å²) < 4.78 is 37.6. The Balaban J connectivity index is 1.60. The number of carbonyl (C=O) groups excluding carboxylic acids is 1. The predicted octanol–water partition coefficient (Wildman–Crippen LogP) is 3.88. The summed E-state index contributed by atoms with van der Waals surface area (Å²) in [5.74, 6) is 0. The molecule has 2 aromatic rings. The van der Waals surface area contributed by atoms with E-state index in [-0.39, 0.29) is 6.54 Å². The van der Waals surface area contributed by atoms with E-state index in [1.54, 1.807) is 6.07 Å². The highest BCUT2D eigenvalue weighted by molar-refractivity contribution is 5.90. The van der Waals surface area contributed by atoms with Crippen molar-refractivity contribution in [1.29, 1.82) is 0 Å². The fourth-order valence-electron chi connectivity index (χ4n) is 3.05. The van der Waals surface area contributed by atoms with Gasteiger partial charge in [-0.2, -0.15) is 13.2 Å². The van der Waals surface area contributed by atoms with E-state index >= 15 is 0 Å². The Morgan fingerprint density at radius 1 is 1.15 bits per heavy atom. The molecule has 0 aromatic heterocycles. The molecule has 1 aliphatic carbocycles. The van der Waals surface area contributed by atoms with E-state index in [4.69, 9.17) is 0 Å². The molecule has 138 valence electrons. The van der Waals surface area contributed by atoms with Gasteiger partial charge in [-0.1, -0.05) is 24.3 Å². The first-order valence-electron chi connectivity index (χ1n) is 8.33. The molecule has 0 aliphatic heterocycles. The Labute approximate surface area is 149 Å². The number of alkyl halides is 3. The molecule has 1 aliphatic rings. The maximum absolute atomic E-state index is 12.5. The summed E-state index contributed by atoms with van der Waals surface area (Å²) in [6.07, 6.45) is -2.83. The van der Waals surface area contributed by atoms with Crippen LogP contribution in [0.15, 0.2) is 42.5 Å². The molecule has 3 N–H and O–H groups in total. The zero-order valence-corrected chi connectivity index (χ0v) is 13.9. The van der Waals surface area contributed by atoms with Gasteiger partial charge in [-0.05, 0) is 47.7 Å². The van der Waals surface area contributed by atoms with Crippen molar-refractivity contribution in [1.82, 2.24) is 5.32 Å². The van der Waals surface area contributed by atoms with Crippen LogP contribution in [-0.2, 0) is 25.6 Å². The average Bonchev–Trinajstić information content (AvgIpc) is 2.60. The van der Waals surface area contributed by atoms with Crippen LogP contribution in [-0.4, -0.2) is 17.2 Å². The van der Waals surface area contributed by atoms with Gasteiger partial charge in [0.15, 0.2) is 0 Å². The summed E-state index contributed by atoms with van der Waals surface area (Å²) in [5, 5.41) is 15.2. The summed E-state index contributed by atoms with van der Waals surface area (Å²) in [4.78, 5) is 12.1. The van der Waals surface area contributed by atoms with Crippen LogP contribution in [0.25, 0.3) is 0 Å². The number of rotatable bonds is 3. The molecule has 0 spiro atoms. The lowest BCUT2D eigenvalue weighted by Gasteiger charge is -2.23. The molecule has 0 bridgehead atoms. The Morgan fingerprint density at radius 2 is 1.88 bits per heavy atom. The second kappa shape index (κ2) is 7.37. The number of hydrogen-bond acceptors (Lipinski definition) is 2. The van der Waals surface area contributed by atoms with Crippen LogP contribution >= 0.6 is 0 Å². The van der Waals surface area contributed by atoms with Crippen LogP contribution in [0.3, 0.4) is 0 Å². The van der Waals surface area contributed by atoms with E-state index in [1.165, 1.54) is 12.1 Å². The summed E-state index contributed by atoms with van der Waals surface area (Å²) in [7, 11) is 0. The van der Waals surface area contributed by atoms with Gasteiger partial charge in [0, 0.05) is 18.7 Å². The Kier molecular flexibility index (Phi) is 5.18. The van der Waals surface area contributed by atoms with Gasteiger partial charge >= 0.3 is 12.2 Å². The minimum absolute atomic E-state index is 0.113. The molecule has 0 unspecified atom stereocenters. The topological polar surface area (TPSA) is 61.4 Å². The van der Waals surface area contributed by atoms with Crippen LogP contribution in [0.5, 0.6) is 0 Å². The highest BCUT2D eigenvalue weighted by Crippen LogP contribution is 2.29. The van der Waals surface area contributed by atoms with Gasteiger partial charge < -0.3 is 15.7 Å².